The number of nitro groups is 1. The van der Waals surface area contributed by atoms with Crippen LogP contribution in [0.4, 0.5) is 11.4 Å². The van der Waals surface area contributed by atoms with Crippen molar-refractivity contribution in [2.24, 2.45) is 0 Å². The average molecular weight is 328 g/mol. The first kappa shape index (κ1) is 15.6. The average Bonchev–Trinajstić information content (AvgIpc) is 2.97. The Morgan fingerprint density at radius 3 is 2.74 bits per heavy atom. The van der Waals surface area contributed by atoms with Gasteiger partial charge in [-0.15, -0.1) is 11.8 Å². The van der Waals surface area contributed by atoms with Crippen molar-refractivity contribution in [2.45, 2.75) is 18.2 Å². The molecule has 0 saturated heterocycles. The van der Waals surface area contributed by atoms with Crippen LogP contribution < -0.4 is 4.90 Å². The fourth-order valence-corrected chi connectivity index (χ4v) is 3.24. The summed E-state index contributed by atoms with van der Waals surface area (Å²) in [5.41, 5.74) is 3.20. The first-order valence-corrected chi connectivity index (χ1v) is 8.47. The molecule has 1 aliphatic rings. The molecule has 0 saturated carbocycles. The highest BCUT2D eigenvalue weighted by Gasteiger charge is 2.28. The SMILES string of the molecule is CSc1ccc(C)c(C(=O)N2CCc3ccc([N+](=O)[O-])cc32)c1. The Kier molecular flexibility index (Phi) is 4.09. The Hall–Kier alpha value is -2.34. The number of amides is 1. The van der Waals surface area contributed by atoms with Gasteiger partial charge in [0.25, 0.3) is 11.6 Å². The molecular weight excluding hydrogens is 312 g/mol. The van der Waals surface area contributed by atoms with Crippen molar-refractivity contribution in [3.05, 3.63) is 63.2 Å². The van der Waals surface area contributed by atoms with Crippen molar-refractivity contribution in [3.63, 3.8) is 0 Å². The van der Waals surface area contributed by atoms with Gasteiger partial charge in [0.2, 0.25) is 0 Å². The summed E-state index contributed by atoms with van der Waals surface area (Å²) >= 11 is 1.58. The van der Waals surface area contributed by atoms with Crippen molar-refractivity contribution in [3.8, 4) is 0 Å². The molecule has 2 aromatic rings. The van der Waals surface area contributed by atoms with Gasteiger partial charge in [0.1, 0.15) is 0 Å². The molecule has 1 heterocycles. The van der Waals surface area contributed by atoms with E-state index < -0.39 is 4.92 Å². The fraction of sp³-hybridized carbons (Fsp3) is 0.235. The largest absolute Gasteiger partial charge is 0.307 e. The van der Waals surface area contributed by atoms with E-state index in [1.54, 1.807) is 22.7 Å². The van der Waals surface area contributed by atoms with Gasteiger partial charge in [-0.05, 0) is 42.9 Å². The summed E-state index contributed by atoms with van der Waals surface area (Å²) < 4.78 is 0. The van der Waals surface area contributed by atoms with E-state index in [9.17, 15) is 14.9 Å². The summed E-state index contributed by atoms with van der Waals surface area (Å²) in [5.74, 6) is -0.0994. The number of anilines is 1. The number of aryl methyl sites for hydroxylation is 1. The Morgan fingerprint density at radius 1 is 1.26 bits per heavy atom. The maximum absolute atomic E-state index is 12.9. The number of rotatable bonds is 3. The summed E-state index contributed by atoms with van der Waals surface area (Å²) in [5, 5.41) is 11.0. The Labute approximate surface area is 138 Å². The van der Waals surface area contributed by atoms with E-state index in [1.165, 1.54) is 12.1 Å². The molecule has 0 aromatic heterocycles. The molecule has 0 bridgehead atoms. The minimum Gasteiger partial charge on any atom is -0.307 e. The number of non-ortho nitro benzene ring substituents is 1. The highest BCUT2D eigenvalue weighted by molar-refractivity contribution is 7.98. The number of nitrogens with zero attached hydrogens (tertiary/aromatic N) is 2. The predicted octanol–water partition coefficient (Wildman–Crippen LogP) is 3.83. The minimum absolute atomic E-state index is 0.0121. The minimum atomic E-state index is -0.430. The van der Waals surface area contributed by atoms with Gasteiger partial charge in [-0.2, -0.15) is 0 Å². The lowest BCUT2D eigenvalue weighted by Gasteiger charge is -2.19. The van der Waals surface area contributed by atoms with E-state index in [0.29, 0.717) is 17.8 Å². The van der Waals surface area contributed by atoms with Gasteiger partial charge in [-0.1, -0.05) is 12.1 Å². The van der Waals surface area contributed by atoms with Crippen LogP contribution in [0.2, 0.25) is 0 Å². The van der Waals surface area contributed by atoms with Gasteiger partial charge >= 0.3 is 0 Å². The summed E-state index contributed by atoms with van der Waals surface area (Å²) in [6.45, 7) is 2.46. The first-order chi connectivity index (χ1) is 11.0. The lowest BCUT2D eigenvalue weighted by Crippen LogP contribution is -2.29. The molecule has 0 unspecified atom stereocenters. The van der Waals surface area contributed by atoms with Crippen molar-refractivity contribution < 1.29 is 9.72 Å². The summed E-state index contributed by atoms with van der Waals surface area (Å²) in [7, 11) is 0. The standard InChI is InChI=1S/C17H16N2O3S/c1-11-3-6-14(23-2)10-15(11)17(20)18-8-7-12-4-5-13(19(21)22)9-16(12)18/h3-6,9-10H,7-8H2,1-2H3. The van der Waals surface area contributed by atoms with E-state index in [2.05, 4.69) is 0 Å². The smallest absolute Gasteiger partial charge is 0.271 e. The van der Waals surface area contributed by atoms with E-state index in [-0.39, 0.29) is 11.6 Å². The highest BCUT2D eigenvalue weighted by atomic mass is 32.2. The molecule has 118 valence electrons. The molecule has 0 spiro atoms. The molecule has 3 rings (SSSR count). The van der Waals surface area contributed by atoms with Crippen LogP contribution in [0.1, 0.15) is 21.5 Å². The van der Waals surface area contributed by atoms with Gasteiger partial charge in [0, 0.05) is 29.1 Å². The summed E-state index contributed by atoms with van der Waals surface area (Å²) in [6.07, 6.45) is 2.69. The van der Waals surface area contributed by atoms with Gasteiger partial charge in [-0.25, -0.2) is 0 Å². The van der Waals surface area contributed by atoms with Gasteiger partial charge in [0.05, 0.1) is 10.6 Å². The van der Waals surface area contributed by atoms with E-state index in [1.807, 2.05) is 31.4 Å². The maximum atomic E-state index is 12.9. The molecule has 0 radical (unpaired) electrons. The number of hydrogen-bond donors (Lipinski definition) is 0. The zero-order chi connectivity index (χ0) is 16.6. The van der Waals surface area contributed by atoms with Gasteiger partial charge < -0.3 is 4.90 Å². The second-order valence-electron chi connectivity index (χ2n) is 5.46. The predicted molar refractivity (Wildman–Crippen MR) is 91.4 cm³/mol. The quantitative estimate of drug-likeness (QED) is 0.488. The van der Waals surface area contributed by atoms with Crippen molar-refractivity contribution >= 4 is 29.0 Å². The molecular formula is C17H16N2O3S. The van der Waals surface area contributed by atoms with E-state index >= 15 is 0 Å². The van der Waals surface area contributed by atoms with Crippen LogP contribution in [0.5, 0.6) is 0 Å². The Bertz CT molecular complexity index is 804. The third-order valence-corrected chi connectivity index (χ3v) is 4.82. The molecule has 2 aromatic carbocycles. The number of carbonyl (C=O) groups is 1. The summed E-state index contributed by atoms with van der Waals surface area (Å²) in [6, 6.07) is 10.5. The zero-order valence-corrected chi connectivity index (χ0v) is 13.7. The number of thioether (sulfide) groups is 1. The second kappa shape index (κ2) is 6.04. The molecule has 1 amide bonds. The Morgan fingerprint density at radius 2 is 2.04 bits per heavy atom. The normalized spacial score (nSPS) is 13.0. The summed E-state index contributed by atoms with van der Waals surface area (Å²) in [4.78, 5) is 26.2. The molecule has 6 heteroatoms. The molecule has 0 atom stereocenters. The molecule has 5 nitrogen and oxygen atoms in total. The lowest BCUT2D eigenvalue weighted by atomic mass is 10.1. The van der Waals surface area contributed by atoms with Crippen LogP contribution in [0.25, 0.3) is 0 Å². The number of hydrogen-bond acceptors (Lipinski definition) is 4. The number of carbonyl (C=O) groups excluding carboxylic acids is 1. The van der Waals surface area contributed by atoms with Crippen LogP contribution in [-0.2, 0) is 6.42 Å². The number of benzene rings is 2. The van der Waals surface area contributed by atoms with Crippen LogP contribution in [0.3, 0.4) is 0 Å². The van der Waals surface area contributed by atoms with E-state index in [4.69, 9.17) is 0 Å². The molecule has 0 N–H and O–H groups in total. The van der Waals surface area contributed by atoms with Crippen LogP contribution >= 0.6 is 11.8 Å². The van der Waals surface area contributed by atoms with Crippen molar-refractivity contribution in [2.75, 3.05) is 17.7 Å². The van der Waals surface area contributed by atoms with Crippen LogP contribution in [-0.4, -0.2) is 23.6 Å². The van der Waals surface area contributed by atoms with Crippen LogP contribution in [0.15, 0.2) is 41.3 Å². The number of nitro benzene ring substituents is 1. The maximum Gasteiger partial charge on any atom is 0.271 e. The molecule has 1 aliphatic heterocycles. The van der Waals surface area contributed by atoms with Gasteiger partial charge in [-0.3, -0.25) is 14.9 Å². The van der Waals surface area contributed by atoms with Gasteiger partial charge in [0.15, 0.2) is 0 Å². The molecule has 23 heavy (non-hydrogen) atoms. The number of fused-ring (bicyclic) bond motifs is 1. The van der Waals surface area contributed by atoms with Crippen LogP contribution in [0, 0.1) is 17.0 Å². The second-order valence-corrected chi connectivity index (χ2v) is 6.34. The van der Waals surface area contributed by atoms with Crippen molar-refractivity contribution in [1.82, 2.24) is 0 Å². The monoisotopic (exact) mass is 328 g/mol. The third kappa shape index (κ3) is 2.82. The first-order valence-electron chi connectivity index (χ1n) is 7.25. The third-order valence-electron chi connectivity index (χ3n) is 4.10. The van der Waals surface area contributed by atoms with Crippen molar-refractivity contribution in [1.29, 1.82) is 0 Å². The topological polar surface area (TPSA) is 63.5 Å². The molecule has 0 aliphatic carbocycles. The zero-order valence-electron chi connectivity index (χ0n) is 12.9. The van der Waals surface area contributed by atoms with E-state index in [0.717, 1.165) is 22.4 Å². The highest BCUT2D eigenvalue weighted by Crippen LogP contribution is 2.33. The lowest BCUT2D eigenvalue weighted by molar-refractivity contribution is -0.384. The fourth-order valence-electron chi connectivity index (χ4n) is 2.80. The molecule has 0 fully saturated rings. The Balaban J connectivity index is 2.00.